The number of rotatable bonds is 2. The molecule has 4 heteroatoms. The maximum Gasteiger partial charge on any atom is 0.152 e. The summed E-state index contributed by atoms with van der Waals surface area (Å²) in [5, 5.41) is 0. The molecule has 3 aromatic heterocycles. The molecule has 3 heterocycles. The summed E-state index contributed by atoms with van der Waals surface area (Å²) in [5.74, 6) is 0.682. The fourth-order valence-electron chi connectivity index (χ4n) is 1.90. The van der Waals surface area contributed by atoms with Crippen molar-refractivity contribution >= 4 is 11.1 Å². The fourth-order valence-corrected chi connectivity index (χ4v) is 1.90. The Morgan fingerprint density at radius 1 is 1.22 bits per heavy atom. The lowest BCUT2D eigenvalue weighted by Crippen LogP contribution is -2.12. The summed E-state index contributed by atoms with van der Waals surface area (Å²) in [7, 11) is 0. The molecule has 0 aliphatic rings. The van der Waals surface area contributed by atoms with Crippen molar-refractivity contribution in [1.29, 1.82) is 0 Å². The van der Waals surface area contributed by atoms with Crippen molar-refractivity contribution in [1.82, 2.24) is 9.97 Å². The number of fused-ring (bicyclic) bond motifs is 1. The molecule has 0 aliphatic heterocycles. The van der Waals surface area contributed by atoms with Crippen LogP contribution in [0.2, 0.25) is 0 Å². The maximum atomic E-state index is 6.13. The second-order valence-corrected chi connectivity index (χ2v) is 4.22. The topological polar surface area (TPSA) is 64.9 Å². The molecular weight excluding hydrogens is 226 g/mol. The minimum atomic E-state index is -0.360. The van der Waals surface area contributed by atoms with Crippen molar-refractivity contribution in [2.24, 2.45) is 5.73 Å². The van der Waals surface area contributed by atoms with Gasteiger partial charge in [0.1, 0.15) is 17.3 Å². The van der Waals surface area contributed by atoms with E-state index in [-0.39, 0.29) is 6.04 Å². The van der Waals surface area contributed by atoms with E-state index in [1.807, 2.05) is 43.3 Å². The monoisotopic (exact) mass is 239 g/mol. The fraction of sp³-hybridized carbons (Fsp3) is 0.143. The number of pyridine rings is 2. The zero-order valence-electron chi connectivity index (χ0n) is 10.00. The number of aromatic nitrogens is 2. The molecule has 4 nitrogen and oxygen atoms in total. The summed E-state index contributed by atoms with van der Waals surface area (Å²) in [4.78, 5) is 8.64. The van der Waals surface area contributed by atoms with Gasteiger partial charge in [-0.05, 0) is 31.2 Å². The molecule has 0 aromatic carbocycles. The number of hydrogen-bond acceptors (Lipinski definition) is 4. The van der Waals surface area contributed by atoms with Crippen LogP contribution in [-0.4, -0.2) is 9.97 Å². The van der Waals surface area contributed by atoms with E-state index in [1.54, 1.807) is 6.20 Å². The van der Waals surface area contributed by atoms with Crippen molar-refractivity contribution in [2.45, 2.75) is 13.0 Å². The van der Waals surface area contributed by atoms with Crippen molar-refractivity contribution < 1.29 is 4.42 Å². The van der Waals surface area contributed by atoms with E-state index in [0.29, 0.717) is 5.76 Å². The van der Waals surface area contributed by atoms with Crippen molar-refractivity contribution in [3.05, 3.63) is 59.7 Å². The van der Waals surface area contributed by atoms with Crippen LogP contribution in [0.3, 0.4) is 0 Å². The Hall–Kier alpha value is -2.20. The lowest BCUT2D eigenvalue weighted by atomic mass is 10.1. The van der Waals surface area contributed by atoms with Gasteiger partial charge in [0.05, 0.1) is 5.69 Å². The first-order valence-corrected chi connectivity index (χ1v) is 5.77. The number of hydrogen-bond donors (Lipinski definition) is 1. The van der Waals surface area contributed by atoms with Gasteiger partial charge < -0.3 is 10.2 Å². The molecule has 0 amide bonds. The largest absolute Gasteiger partial charge is 0.457 e. The molecule has 2 N–H and O–H groups in total. The van der Waals surface area contributed by atoms with Crippen molar-refractivity contribution in [3.63, 3.8) is 0 Å². The molecule has 0 saturated carbocycles. The van der Waals surface area contributed by atoms with E-state index in [1.165, 1.54) is 0 Å². The Kier molecular flexibility index (Phi) is 2.57. The Morgan fingerprint density at radius 3 is 2.89 bits per heavy atom. The summed E-state index contributed by atoms with van der Waals surface area (Å²) in [6.45, 7) is 1.95. The third kappa shape index (κ3) is 1.87. The Morgan fingerprint density at radius 2 is 2.11 bits per heavy atom. The van der Waals surface area contributed by atoms with E-state index < -0.39 is 0 Å². The lowest BCUT2D eigenvalue weighted by Gasteiger charge is -2.06. The van der Waals surface area contributed by atoms with Gasteiger partial charge >= 0.3 is 0 Å². The third-order valence-corrected chi connectivity index (χ3v) is 2.84. The van der Waals surface area contributed by atoms with Gasteiger partial charge in [0, 0.05) is 18.0 Å². The average Bonchev–Trinajstić information content (AvgIpc) is 2.81. The molecule has 3 aromatic rings. The van der Waals surface area contributed by atoms with Gasteiger partial charge in [-0.15, -0.1) is 0 Å². The van der Waals surface area contributed by atoms with Crippen LogP contribution < -0.4 is 5.73 Å². The van der Waals surface area contributed by atoms with Crippen molar-refractivity contribution in [2.75, 3.05) is 0 Å². The van der Waals surface area contributed by atoms with E-state index in [2.05, 4.69) is 9.97 Å². The highest BCUT2D eigenvalue weighted by Gasteiger charge is 2.15. The van der Waals surface area contributed by atoms with Crippen LogP contribution in [0.25, 0.3) is 11.1 Å². The molecule has 0 saturated heterocycles. The smallest absolute Gasteiger partial charge is 0.152 e. The number of nitrogens with two attached hydrogens (primary N) is 1. The first kappa shape index (κ1) is 10.9. The zero-order valence-corrected chi connectivity index (χ0v) is 10.00. The molecule has 1 unspecified atom stereocenters. The normalized spacial score (nSPS) is 12.8. The van der Waals surface area contributed by atoms with Gasteiger partial charge in [-0.25, -0.2) is 4.98 Å². The molecule has 18 heavy (non-hydrogen) atoms. The third-order valence-electron chi connectivity index (χ3n) is 2.84. The Balaban J connectivity index is 2.04. The summed E-state index contributed by atoms with van der Waals surface area (Å²) in [6.07, 6.45) is 1.72. The molecule has 3 rings (SSSR count). The summed E-state index contributed by atoms with van der Waals surface area (Å²) >= 11 is 0. The SMILES string of the molecule is Cc1ccc2oc(C(N)c3ccccn3)cc2n1. The summed E-state index contributed by atoms with van der Waals surface area (Å²) in [5.41, 5.74) is 9.46. The molecule has 0 fully saturated rings. The molecule has 0 spiro atoms. The van der Waals surface area contributed by atoms with Crippen LogP contribution in [0.4, 0.5) is 0 Å². The van der Waals surface area contributed by atoms with Crippen LogP contribution >= 0.6 is 0 Å². The van der Waals surface area contributed by atoms with E-state index in [0.717, 1.165) is 22.5 Å². The average molecular weight is 239 g/mol. The molecule has 1 atom stereocenters. The molecule has 0 bridgehead atoms. The Labute approximate surface area is 104 Å². The van der Waals surface area contributed by atoms with Gasteiger partial charge in [-0.1, -0.05) is 6.07 Å². The van der Waals surface area contributed by atoms with E-state index >= 15 is 0 Å². The lowest BCUT2D eigenvalue weighted by molar-refractivity contribution is 0.520. The molecule has 0 aliphatic carbocycles. The van der Waals surface area contributed by atoms with Crippen LogP contribution in [0.15, 0.2) is 47.0 Å². The first-order valence-electron chi connectivity index (χ1n) is 5.77. The second-order valence-electron chi connectivity index (χ2n) is 4.22. The molecular formula is C14H13N3O. The number of furan rings is 1. The maximum absolute atomic E-state index is 6.13. The van der Waals surface area contributed by atoms with Gasteiger partial charge in [-0.3, -0.25) is 4.98 Å². The van der Waals surface area contributed by atoms with Gasteiger partial charge in [0.15, 0.2) is 5.58 Å². The highest BCUT2D eigenvalue weighted by molar-refractivity contribution is 5.73. The van der Waals surface area contributed by atoms with Gasteiger partial charge in [0.25, 0.3) is 0 Å². The van der Waals surface area contributed by atoms with Crippen LogP contribution in [-0.2, 0) is 0 Å². The summed E-state index contributed by atoms with van der Waals surface area (Å²) in [6, 6.07) is 11.0. The zero-order chi connectivity index (χ0) is 12.5. The number of nitrogens with zero attached hydrogens (tertiary/aromatic N) is 2. The summed E-state index contributed by atoms with van der Waals surface area (Å²) < 4.78 is 5.71. The molecule has 0 radical (unpaired) electrons. The van der Waals surface area contributed by atoms with Gasteiger partial charge in [-0.2, -0.15) is 0 Å². The van der Waals surface area contributed by atoms with Crippen molar-refractivity contribution in [3.8, 4) is 0 Å². The Bertz CT molecular complexity index is 676. The van der Waals surface area contributed by atoms with Crippen LogP contribution in [0, 0.1) is 6.92 Å². The van der Waals surface area contributed by atoms with Crippen LogP contribution in [0.1, 0.15) is 23.2 Å². The standard InChI is InChI=1S/C14H13N3O/c1-9-5-6-12-11(17-9)8-13(18-12)14(15)10-4-2-3-7-16-10/h2-8,14H,15H2,1H3. The predicted octanol–water partition coefficient (Wildman–Crippen LogP) is 2.58. The van der Waals surface area contributed by atoms with Crippen LogP contribution in [0.5, 0.6) is 0 Å². The van der Waals surface area contributed by atoms with E-state index in [9.17, 15) is 0 Å². The predicted molar refractivity (Wildman–Crippen MR) is 69.0 cm³/mol. The van der Waals surface area contributed by atoms with Gasteiger partial charge in [0.2, 0.25) is 0 Å². The first-order chi connectivity index (χ1) is 8.74. The highest BCUT2D eigenvalue weighted by atomic mass is 16.3. The number of aryl methyl sites for hydroxylation is 1. The highest BCUT2D eigenvalue weighted by Crippen LogP contribution is 2.24. The molecule has 90 valence electrons. The second kappa shape index (κ2) is 4.23. The minimum absolute atomic E-state index is 0.360. The minimum Gasteiger partial charge on any atom is -0.457 e. The quantitative estimate of drug-likeness (QED) is 0.746. The van der Waals surface area contributed by atoms with E-state index in [4.69, 9.17) is 10.2 Å².